The van der Waals surface area contributed by atoms with Gasteiger partial charge in [-0.1, -0.05) is 48.0 Å². The minimum Gasteiger partial charge on any atom is -0.324 e. The van der Waals surface area contributed by atoms with Gasteiger partial charge in [-0.15, -0.1) is 0 Å². The van der Waals surface area contributed by atoms with E-state index in [1.807, 2.05) is 55.5 Å². The first-order chi connectivity index (χ1) is 11.2. The number of benzene rings is 2. The summed E-state index contributed by atoms with van der Waals surface area (Å²) < 4.78 is 0. The van der Waals surface area contributed by atoms with Gasteiger partial charge in [-0.05, 0) is 24.6 Å². The van der Waals surface area contributed by atoms with E-state index < -0.39 is 0 Å². The summed E-state index contributed by atoms with van der Waals surface area (Å²) in [5.74, 6) is 0.419. The summed E-state index contributed by atoms with van der Waals surface area (Å²) in [6.07, 6.45) is 1.52. The molecule has 0 atom stereocenters. The molecule has 3 rings (SSSR count). The number of anilines is 2. The fourth-order valence-corrected chi connectivity index (χ4v) is 2.32. The van der Waals surface area contributed by atoms with Crippen LogP contribution in [0, 0.1) is 18.3 Å². The molecule has 112 valence electrons. The second kappa shape index (κ2) is 6.47. The molecule has 5 heteroatoms. The number of hydrogen-bond donors (Lipinski definition) is 1. The van der Waals surface area contributed by atoms with Gasteiger partial charge in [0, 0.05) is 16.3 Å². The number of halogens is 1. The number of aromatic nitrogens is 2. The third kappa shape index (κ3) is 3.31. The Hall–Kier alpha value is -2.90. The lowest BCUT2D eigenvalue weighted by Gasteiger charge is -2.09. The van der Waals surface area contributed by atoms with Crippen molar-refractivity contribution in [1.29, 1.82) is 5.26 Å². The van der Waals surface area contributed by atoms with Gasteiger partial charge in [0.05, 0.1) is 17.5 Å². The van der Waals surface area contributed by atoms with E-state index in [1.54, 1.807) is 0 Å². The van der Waals surface area contributed by atoms with Crippen molar-refractivity contribution in [2.75, 3.05) is 5.32 Å². The van der Waals surface area contributed by atoms with E-state index in [-0.39, 0.29) is 0 Å². The fourth-order valence-electron chi connectivity index (χ4n) is 2.14. The Morgan fingerprint density at radius 3 is 2.61 bits per heavy atom. The van der Waals surface area contributed by atoms with Gasteiger partial charge in [-0.25, -0.2) is 9.97 Å². The van der Waals surface area contributed by atoms with Crippen LogP contribution in [0.15, 0.2) is 54.7 Å². The van der Waals surface area contributed by atoms with Gasteiger partial charge in [-0.3, -0.25) is 0 Å². The molecule has 0 saturated carbocycles. The molecule has 3 aromatic rings. The Kier molecular flexibility index (Phi) is 4.22. The molecule has 0 fully saturated rings. The van der Waals surface area contributed by atoms with Crippen molar-refractivity contribution >= 4 is 23.2 Å². The second-order valence-electron chi connectivity index (χ2n) is 5.02. The zero-order chi connectivity index (χ0) is 16.2. The predicted molar refractivity (Wildman–Crippen MR) is 91.7 cm³/mol. The molecule has 0 aliphatic rings. The van der Waals surface area contributed by atoms with Crippen molar-refractivity contribution in [1.82, 2.24) is 9.97 Å². The molecule has 1 N–H and O–H groups in total. The zero-order valence-electron chi connectivity index (χ0n) is 12.4. The predicted octanol–water partition coefficient (Wildman–Crippen LogP) is 4.72. The molecule has 1 heterocycles. The van der Waals surface area contributed by atoms with Gasteiger partial charge in [-0.2, -0.15) is 5.26 Å². The first kappa shape index (κ1) is 15.0. The lowest BCUT2D eigenvalue weighted by molar-refractivity contribution is 1.15. The first-order valence-electron chi connectivity index (χ1n) is 7.03. The van der Waals surface area contributed by atoms with Crippen molar-refractivity contribution in [3.8, 4) is 17.3 Å². The normalized spacial score (nSPS) is 10.1. The Labute approximate surface area is 139 Å². The van der Waals surface area contributed by atoms with Crippen molar-refractivity contribution in [3.05, 3.63) is 70.9 Å². The van der Waals surface area contributed by atoms with Crippen molar-refractivity contribution in [2.24, 2.45) is 0 Å². The molecule has 0 radical (unpaired) electrons. The molecule has 0 aliphatic heterocycles. The van der Waals surface area contributed by atoms with Gasteiger partial charge in [0.15, 0.2) is 0 Å². The summed E-state index contributed by atoms with van der Waals surface area (Å²) in [6.45, 7) is 1.94. The van der Waals surface area contributed by atoms with Crippen molar-refractivity contribution in [2.45, 2.75) is 6.92 Å². The van der Waals surface area contributed by atoms with Gasteiger partial charge in [0.2, 0.25) is 5.95 Å². The number of nitrogens with zero attached hydrogens (tertiary/aromatic N) is 3. The quantitative estimate of drug-likeness (QED) is 0.758. The third-order valence-corrected chi connectivity index (χ3v) is 3.79. The fraction of sp³-hybridized carbons (Fsp3) is 0.0556. The zero-order valence-corrected chi connectivity index (χ0v) is 13.2. The number of nitriles is 1. The minimum absolute atomic E-state index is 0.419. The second-order valence-corrected chi connectivity index (χ2v) is 5.43. The molecule has 0 amide bonds. The highest BCUT2D eigenvalue weighted by Gasteiger charge is 2.09. The Bertz CT molecular complexity index is 885. The highest BCUT2D eigenvalue weighted by atomic mass is 35.5. The number of aryl methyl sites for hydroxylation is 1. The van der Waals surface area contributed by atoms with E-state index in [0.29, 0.717) is 22.2 Å². The molecule has 2 aromatic carbocycles. The largest absolute Gasteiger partial charge is 0.324 e. The lowest BCUT2D eigenvalue weighted by atomic mass is 10.1. The number of nitrogens with one attached hydrogen (secondary N) is 1. The molecular weight excluding hydrogens is 308 g/mol. The van der Waals surface area contributed by atoms with Crippen LogP contribution in [-0.2, 0) is 0 Å². The molecular formula is C18H13ClN4. The van der Waals surface area contributed by atoms with Gasteiger partial charge in [0.1, 0.15) is 6.07 Å². The highest BCUT2D eigenvalue weighted by molar-refractivity contribution is 6.31. The average Bonchev–Trinajstić information content (AvgIpc) is 2.59. The number of hydrogen-bond acceptors (Lipinski definition) is 4. The van der Waals surface area contributed by atoms with Crippen LogP contribution in [0.4, 0.5) is 11.6 Å². The maximum atomic E-state index is 9.26. The molecule has 0 bridgehead atoms. The van der Waals surface area contributed by atoms with Crippen molar-refractivity contribution < 1.29 is 0 Å². The van der Waals surface area contributed by atoms with Crippen LogP contribution in [0.25, 0.3) is 11.3 Å². The SMILES string of the molecule is Cc1ccc(Nc2ncc(C#N)c(-c3ccccc3)n2)cc1Cl. The summed E-state index contributed by atoms with van der Waals surface area (Å²) in [5.41, 5.74) is 3.70. The van der Waals surface area contributed by atoms with Crippen molar-refractivity contribution in [3.63, 3.8) is 0 Å². The van der Waals surface area contributed by atoms with Crippen LogP contribution in [0.1, 0.15) is 11.1 Å². The smallest absolute Gasteiger partial charge is 0.227 e. The van der Waals surface area contributed by atoms with E-state index >= 15 is 0 Å². The molecule has 4 nitrogen and oxygen atoms in total. The summed E-state index contributed by atoms with van der Waals surface area (Å²) in [5, 5.41) is 13.0. The third-order valence-electron chi connectivity index (χ3n) is 3.38. The molecule has 0 spiro atoms. The molecule has 0 unspecified atom stereocenters. The van der Waals surface area contributed by atoms with Crippen LogP contribution in [0.5, 0.6) is 0 Å². The highest BCUT2D eigenvalue weighted by Crippen LogP contribution is 2.25. The lowest BCUT2D eigenvalue weighted by Crippen LogP contribution is -2.00. The Morgan fingerprint density at radius 2 is 1.91 bits per heavy atom. The van der Waals surface area contributed by atoms with Gasteiger partial charge in [0.25, 0.3) is 0 Å². The van der Waals surface area contributed by atoms with E-state index in [2.05, 4.69) is 21.4 Å². The van der Waals surface area contributed by atoms with E-state index in [0.717, 1.165) is 16.8 Å². The van der Waals surface area contributed by atoms with Crippen LogP contribution in [-0.4, -0.2) is 9.97 Å². The topological polar surface area (TPSA) is 61.6 Å². The van der Waals surface area contributed by atoms with E-state index in [1.165, 1.54) is 6.20 Å². The minimum atomic E-state index is 0.419. The van der Waals surface area contributed by atoms with E-state index in [4.69, 9.17) is 11.6 Å². The van der Waals surface area contributed by atoms with Crippen LogP contribution >= 0.6 is 11.6 Å². The number of rotatable bonds is 3. The molecule has 1 aromatic heterocycles. The summed E-state index contributed by atoms with van der Waals surface area (Å²) in [6, 6.07) is 17.3. The maximum absolute atomic E-state index is 9.26. The van der Waals surface area contributed by atoms with E-state index in [9.17, 15) is 5.26 Å². The monoisotopic (exact) mass is 320 g/mol. The van der Waals surface area contributed by atoms with Crippen LogP contribution in [0.3, 0.4) is 0 Å². The van der Waals surface area contributed by atoms with Gasteiger partial charge < -0.3 is 5.32 Å². The summed E-state index contributed by atoms with van der Waals surface area (Å²) >= 11 is 6.13. The molecule has 0 aliphatic carbocycles. The average molecular weight is 321 g/mol. The van der Waals surface area contributed by atoms with Gasteiger partial charge >= 0.3 is 0 Å². The molecule has 0 saturated heterocycles. The Morgan fingerprint density at radius 1 is 1.13 bits per heavy atom. The first-order valence-corrected chi connectivity index (χ1v) is 7.41. The standard InChI is InChI=1S/C18H13ClN4/c1-12-7-8-15(9-16(12)19)22-18-21-11-14(10-20)17(23-18)13-5-3-2-4-6-13/h2-9,11H,1H3,(H,21,22,23). The van der Waals surface area contributed by atoms with Crippen LogP contribution < -0.4 is 5.32 Å². The summed E-state index contributed by atoms with van der Waals surface area (Å²) in [4.78, 5) is 8.67. The summed E-state index contributed by atoms with van der Waals surface area (Å²) in [7, 11) is 0. The van der Waals surface area contributed by atoms with Crippen LogP contribution in [0.2, 0.25) is 5.02 Å². The molecule has 23 heavy (non-hydrogen) atoms. The maximum Gasteiger partial charge on any atom is 0.227 e. The Balaban J connectivity index is 1.98.